The van der Waals surface area contributed by atoms with Crippen LogP contribution in [-0.4, -0.2) is 37.4 Å². The fourth-order valence-electron chi connectivity index (χ4n) is 1.02. The summed E-state index contributed by atoms with van der Waals surface area (Å²) in [6, 6.07) is 0. The maximum Gasteiger partial charge on any atom is 0.118 e. The molecule has 1 heterocycles. The second-order valence-corrected chi connectivity index (χ2v) is 2.30. The van der Waals surface area contributed by atoms with Gasteiger partial charge in [0.15, 0.2) is 0 Å². The number of rotatable bonds is 1. The topological polar surface area (TPSA) is 38.5 Å². The van der Waals surface area contributed by atoms with E-state index in [2.05, 4.69) is 11.8 Å². The zero-order chi connectivity index (χ0) is 6.69. The lowest BCUT2D eigenvalue weighted by Gasteiger charge is -2.29. The monoisotopic (exact) mass is 130 g/mol. The first kappa shape index (κ1) is 6.99. The number of likely N-dealkylation sites (N-methyl/N-ethyl adjacent to an activating group) is 1. The Kier molecular flexibility index (Phi) is 2.45. The van der Waals surface area contributed by atoms with Crippen LogP contribution in [0.1, 0.15) is 6.92 Å². The van der Waals surface area contributed by atoms with Crippen LogP contribution in [0, 0.1) is 0 Å². The van der Waals surface area contributed by atoms with Crippen molar-refractivity contribution in [1.82, 2.24) is 4.90 Å². The number of morpholine rings is 1. The van der Waals surface area contributed by atoms with E-state index >= 15 is 0 Å². The molecule has 1 atom stereocenters. The molecule has 1 aliphatic heterocycles. The molecule has 0 aromatic rings. The number of nitrogens with zero attached hydrogens (tertiary/aromatic N) is 1. The molecule has 3 nitrogen and oxygen atoms in total. The highest BCUT2D eigenvalue weighted by Crippen LogP contribution is 1.98. The average molecular weight is 130 g/mol. The summed E-state index contributed by atoms with van der Waals surface area (Å²) in [7, 11) is 0. The maximum absolute atomic E-state index is 5.54. The highest BCUT2D eigenvalue weighted by molar-refractivity contribution is 4.64. The van der Waals surface area contributed by atoms with Crippen molar-refractivity contribution in [1.29, 1.82) is 0 Å². The van der Waals surface area contributed by atoms with Crippen molar-refractivity contribution >= 4 is 0 Å². The highest BCUT2D eigenvalue weighted by Gasteiger charge is 2.14. The van der Waals surface area contributed by atoms with Crippen LogP contribution >= 0.6 is 0 Å². The van der Waals surface area contributed by atoms with E-state index in [0.717, 1.165) is 26.2 Å². The third kappa shape index (κ3) is 1.93. The Labute approximate surface area is 55.8 Å². The first-order valence-electron chi connectivity index (χ1n) is 3.42. The van der Waals surface area contributed by atoms with Crippen molar-refractivity contribution in [3.05, 3.63) is 0 Å². The van der Waals surface area contributed by atoms with Gasteiger partial charge in [-0.3, -0.25) is 4.90 Å². The molecule has 3 heteroatoms. The Hall–Kier alpha value is -0.120. The maximum atomic E-state index is 5.54. The predicted octanol–water partition coefficient (Wildman–Crippen LogP) is -0.377. The Bertz CT molecular complexity index is 87.1. The lowest BCUT2D eigenvalue weighted by Crippen LogP contribution is -2.46. The zero-order valence-corrected chi connectivity index (χ0v) is 5.84. The molecule has 1 unspecified atom stereocenters. The van der Waals surface area contributed by atoms with Gasteiger partial charge in [0.2, 0.25) is 0 Å². The fourth-order valence-corrected chi connectivity index (χ4v) is 1.02. The van der Waals surface area contributed by atoms with E-state index in [1.54, 1.807) is 0 Å². The number of ether oxygens (including phenoxy) is 1. The Morgan fingerprint density at radius 2 is 2.56 bits per heavy atom. The number of nitrogens with two attached hydrogens (primary N) is 1. The summed E-state index contributed by atoms with van der Waals surface area (Å²) in [5.74, 6) is 0. The van der Waals surface area contributed by atoms with Crippen molar-refractivity contribution < 1.29 is 4.74 Å². The van der Waals surface area contributed by atoms with Crippen molar-refractivity contribution in [2.45, 2.75) is 13.2 Å². The van der Waals surface area contributed by atoms with Gasteiger partial charge in [0, 0.05) is 13.1 Å². The molecule has 0 amide bonds. The summed E-state index contributed by atoms with van der Waals surface area (Å²) in [5.41, 5.74) is 5.54. The van der Waals surface area contributed by atoms with Crippen LogP contribution in [0.25, 0.3) is 0 Å². The van der Waals surface area contributed by atoms with Gasteiger partial charge >= 0.3 is 0 Å². The molecule has 1 saturated heterocycles. The molecule has 1 rings (SSSR count). The Balaban J connectivity index is 2.23. The summed E-state index contributed by atoms with van der Waals surface area (Å²) in [6.45, 7) is 5.92. The van der Waals surface area contributed by atoms with Gasteiger partial charge in [0.25, 0.3) is 0 Å². The molecule has 0 aliphatic carbocycles. The van der Waals surface area contributed by atoms with Gasteiger partial charge in [-0.1, -0.05) is 6.92 Å². The van der Waals surface area contributed by atoms with Gasteiger partial charge in [0.05, 0.1) is 6.61 Å². The largest absolute Gasteiger partial charge is 0.361 e. The highest BCUT2D eigenvalue weighted by atomic mass is 16.5. The van der Waals surface area contributed by atoms with Crippen LogP contribution in [0.15, 0.2) is 0 Å². The van der Waals surface area contributed by atoms with Gasteiger partial charge in [0.1, 0.15) is 6.23 Å². The van der Waals surface area contributed by atoms with Crippen molar-refractivity contribution in [2.24, 2.45) is 5.73 Å². The third-order valence-corrected chi connectivity index (χ3v) is 1.62. The molecule has 0 aromatic carbocycles. The molecule has 0 bridgehead atoms. The first-order chi connectivity index (χ1) is 4.33. The Morgan fingerprint density at radius 3 is 3.00 bits per heavy atom. The van der Waals surface area contributed by atoms with Crippen LogP contribution in [-0.2, 0) is 4.74 Å². The summed E-state index contributed by atoms with van der Waals surface area (Å²) >= 11 is 0. The van der Waals surface area contributed by atoms with Crippen molar-refractivity contribution in [3.8, 4) is 0 Å². The summed E-state index contributed by atoms with van der Waals surface area (Å²) < 4.78 is 5.15. The number of hydrogen-bond acceptors (Lipinski definition) is 3. The van der Waals surface area contributed by atoms with E-state index in [1.165, 1.54) is 0 Å². The van der Waals surface area contributed by atoms with Crippen LogP contribution in [0.2, 0.25) is 0 Å². The van der Waals surface area contributed by atoms with E-state index in [-0.39, 0.29) is 6.23 Å². The molecule has 1 fully saturated rings. The molecule has 0 spiro atoms. The zero-order valence-electron chi connectivity index (χ0n) is 5.84. The minimum Gasteiger partial charge on any atom is -0.361 e. The van der Waals surface area contributed by atoms with Gasteiger partial charge in [-0.2, -0.15) is 0 Å². The van der Waals surface area contributed by atoms with Gasteiger partial charge in [-0.15, -0.1) is 0 Å². The predicted molar refractivity (Wildman–Crippen MR) is 36.0 cm³/mol. The third-order valence-electron chi connectivity index (χ3n) is 1.62. The molecule has 9 heavy (non-hydrogen) atoms. The van der Waals surface area contributed by atoms with Crippen LogP contribution in [0.3, 0.4) is 0 Å². The standard InChI is InChI=1S/C6H14N2O/c1-2-8-3-4-9-6(7)5-8/h6H,2-5,7H2,1H3. The van der Waals surface area contributed by atoms with Crippen LogP contribution < -0.4 is 5.73 Å². The minimum absolute atomic E-state index is 0.0568. The van der Waals surface area contributed by atoms with Crippen molar-refractivity contribution in [2.75, 3.05) is 26.2 Å². The Morgan fingerprint density at radius 1 is 1.78 bits per heavy atom. The van der Waals surface area contributed by atoms with Gasteiger partial charge in [-0.25, -0.2) is 0 Å². The molecule has 54 valence electrons. The number of hydrogen-bond donors (Lipinski definition) is 1. The van der Waals surface area contributed by atoms with E-state index in [1.807, 2.05) is 0 Å². The lowest BCUT2D eigenvalue weighted by atomic mass is 10.4. The van der Waals surface area contributed by atoms with Crippen LogP contribution in [0.5, 0.6) is 0 Å². The summed E-state index contributed by atoms with van der Waals surface area (Å²) in [6.07, 6.45) is -0.0568. The smallest absolute Gasteiger partial charge is 0.118 e. The van der Waals surface area contributed by atoms with E-state index < -0.39 is 0 Å². The molecule has 0 saturated carbocycles. The second-order valence-electron chi connectivity index (χ2n) is 2.30. The second kappa shape index (κ2) is 3.15. The molecular weight excluding hydrogens is 116 g/mol. The molecular formula is C6H14N2O. The molecule has 0 radical (unpaired) electrons. The summed E-state index contributed by atoms with van der Waals surface area (Å²) in [5, 5.41) is 0. The molecule has 1 aliphatic rings. The van der Waals surface area contributed by atoms with Gasteiger partial charge < -0.3 is 10.5 Å². The fraction of sp³-hybridized carbons (Fsp3) is 1.00. The minimum atomic E-state index is -0.0568. The average Bonchev–Trinajstić information content (AvgIpc) is 1.88. The molecule has 0 aromatic heterocycles. The normalized spacial score (nSPS) is 30.7. The van der Waals surface area contributed by atoms with Crippen LogP contribution in [0.4, 0.5) is 0 Å². The van der Waals surface area contributed by atoms with Crippen molar-refractivity contribution in [3.63, 3.8) is 0 Å². The molecule has 2 N–H and O–H groups in total. The first-order valence-corrected chi connectivity index (χ1v) is 3.42. The summed E-state index contributed by atoms with van der Waals surface area (Å²) in [4.78, 5) is 2.29. The van der Waals surface area contributed by atoms with E-state index in [4.69, 9.17) is 10.5 Å². The SMILES string of the molecule is CCN1CCOC(N)C1. The van der Waals surface area contributed by atoms with Gasteiger partial charge in [-0.05, 0) is 6.54 Å². The van der Waals surface area contributed by atoms with E-state index in [0.29, 0.717) is 0 Å². The quantitative estimate of drug-likeness (QED) is 0.526. The lowest BCUT2D eigenvalue weighted by molar-refractivity contribution is -0.0227. The van der Waals surface area contributed by atoms with E-state index in [9.17, 15) is 0 Å².